The maximum atomic E-state index is 12.8. The molecule has 0 fully saturated rings. The SMILES string of the molecule is COc1ccc(-c2nnc(SC(C)C(=O)N(C)c3ccccc3)n2N)cc1OC. The molecular formula is C20H23N5O3S. The summed E-state index contributed by atoms with van der Waals surface area (Å²) in [5, 5.41) is 8.37. The van der Waals surface area contributed by atoms with Crippen molar-refractivity contribution in [3.63, 3.8) is 0 Å². The fraction of sp³-hybridized carbons (Fsp3) is 0.250. The van der Waals surface area contributed by atoms with Gasteiger partial charge in [-0.15, -0.1) is 10.2 Å². The molecule has 0 saturated heterocycles. The van der Waals surface area contributed by atoms with Crippen molar-refractivity contribution in [2.45, 2.75) is 17.3 Å². The summed E-state index contributed by atoms with van der Waals surface area (Å²) in [5.41, 5.74) is 1.55. The predicted molar refractivity (Wildman–Crippen MR) is 114 cm³/mol. The zero-order valence-corrected chi connectivity index (χ0v) is 17.5. The molecule has 2 aromatic carbocycles. The molecule has 1 heterocycles. The lowest BCUT2D eigenvalue weighted by Gasteiger charge is -2.20. The molecule has 0 aliphatic carbocycles. The van der Waals surface area contributed by atoms with Crippen molar-refractivity contribution in [3.8, 4) is 22.9 Å². The molecule has 8 nitrogen and oxygen atoms in total. The number of anilines is 1. The first kappa shape index (κ1) is 20.5. The van der Waals surface area contributed by atoms with Crippen molar-refractivity contribution in [1.29, 1.82) is 0 Å². The van der Waals surface area contributed by atoms with E-state index in [9.17, 15) is 4.79 Å². The Morgan fingerprint density at radius 3 is 2.45 bits per heavy atom. The van der Waals surface area contributed by atoms with Crippen molar-refractivity contribution < 1.29 is 14.3 Å². The smallest absolute Gasteiger partial charge is 0.240 e. The average Bonchev–Trinajstić information content (AvgIpc) is 3.12. The highest BCUT2D eigenvalue weighted by Crippen LogP contribution is 2.32. The van der Waals surface area contributed by atoms with Crippen LogP contribution in [0.5, 0.6) is 11.5 Å². The number of rotatable bonds is 7. The number of amides is 1. The van der Waals surface area contributed by atoms with E-state index in [1.54, 1.807) is 38.3 Å². The van der Waals surface area contributed by atoms with Gasteiger partial charge in [0.1, 0.15) is 0 Å². The molecule has 1 aromatic heterocycles. The molecule has 0 spiro atoms. The minimum atomic E-state index is -0.398. The molecule has 9 heteroatoms. The summed E-state index contributed by atoms with van der Waals surface area (Å²) in [4.78, 5) is 14.4. The number of nitrogens with zero attached hydrogens (tertiary/aromatic N) is 4. The van der Waals surface area contributed by atoms with Crippen LogP contribution in [0.3, 0.4) is 0 Å². The Morgan fingerprint density at radius 2 is 1.79 bits per heavy atom. The Bertz CT molecular complexity index is 993. The number of thioether (sulfide) groups is 1. The van der Waals surface area contributed by atoms with E-state index in [0.29, 0.717) is 22.5 Å². The Labute approximate surface area is 173 Å². The largest absolute Gasteiger partial charge is 0.493 e. The molecule has 3 aromatic rings. The number of nitrogens with two attached hydrogens (primary N) is 1. The molecule has 29 heavy (non-hydrogen) atoms. The van der Waals surface area contributed by atoms with Gasteiger partial charge in [0.2, 0.25) is 11.1 Å². The number of carbonyl (C=O) groups is 1. The second kappa shape index (κ2) is 8.87. The Kier molecular flexibility index (Phi) is 6.28. The van der Waals surface area contributed by atoms with E-state index in [4.69, 9.17) is 15.3 Å². The molecule has 1 amide bonds. The number of nitrogen functional groups attached to an aromatic ring is 1. The number of aromatic nitrogens is 3. The summed E-state index contributed by atoms with van der Waals surface area (Å²) in [6, 6.07) is 14.8. The van der Waals surface area contributed by atoms with Crippen molar-refractivity contribution in [2.75, 3.05) is 32.0 Å². The molecule has 0 radical (unpaired) electrons. The van der Waals surface area contributed by atoms with Crippen LogP contribution in [0.15, 0.2) is 53.7 Å². The normalized spacial score (nSPS) is 11.7. The summed E-state index contributed by atoms with van der Waals surface area (Å²) >= 11 is 1.25. The van der Waals surface area contributed by atoms with E-state index in [2.05, 4.69) is 10.2 Å². The lowest BCUT2D eigenvalue weighted by atomic mass is 10.2. The van der Waals surface area contributed by atoms with E-state index in [1.165, 1.54) is 16.4 Å². The Hall–Kier alpha value is -3.20. The van der Waals surface area contributed by atoms with Crippen molar-refractivity contribution in [3.05, 3.63) is 48.5 Å². The quantitative estimate of drug-likeness (QED) is 0.470. The van der Waals surface area contributed by atoms with Gasteiger partial charge in [0.15, 0.2) is 17.3 Å². The maximum absolute atomic E-state index is 12.8. The zero-order chi connectivity index (χ0) is 21.0. The van der Waals surface area contributed by atoms with Crippen LogP contribution in [0.1, 0.15) is 6.92 Å². The molecule has 2 N–H and O–H groups in total. The number of para-hydroxylation sites is 1. The third-order valence-corrected chi connectivity index (χ3v) is 5.45. The summed E-state index contributed by atoms with van der Waals surface area (Å²) in [6.07, 6.45) is 0. The first-order chi connectivity index (χ1) is 14.0. The van der Waals surface area contributed by atoms with Crippen LogP contribution < -0.4 is 20.2 Å². The first-order valence-corrected chi connectivity index (χ1v) is 9.76. The first-order valence-electron chi connectivity index (χ1n) is 8.88. The Balaban J connectivity index is 1.78. The molecule has 0 aliphatic heterocycles. The number of methoxy groups -OCH3 is 2. The minimum absolute atomic E-state index is 0.0585. The van der Waals surface area contributed by atoms with E-state index in [0.717, 1.165) is 11.3 Å². The second-order valence-corrected chi connectivity index (χ2v) is 7.55. The minimum Gasteiger partial charge on any atom is -0.493 e. The van der Waals surface area contributed by atoms with Crippen LogP contribution in [0.2, 0.25) is 0 Å². The molecule has 152 valence electrons. The predicted octanol–water partition coefficient (Wildman–Crippen LogP) is 2.82. The molecule has 0 aliphatic rings. The van der Waals surface area contributed by atoms with Crippen LogP contribution in [-0.2, 0) is 4.79 Å². The van der Waals surface area contributed by atoms with E-state index < -0.39 is 5.25 Å². The summed E-state index contributed by atoms with van der Waals surface area (Å²) in [5.74, 6) is 7.78. The van der Waals surface area contributed by atoms with Crippen molar-refractivity contribution in [2.24, 2.45) is 0 Å². The van der Waals surface area contributed by atoms with Crippen LogP contribution in [0, 0.1) is 0 Å². The van der Waals surface area contributed by atoms with Crippen LogP contribution >= 0.6 is 11.8 Å². The number of hydrogen-bond acceptors (Lipinski definition) is 7. The van der Waals surface area contributed by atoms with E-state index in [-0.39, 0.29) is 5.91 Å². The van der Waals surface area contributed by atoms with Gasteiger partial charge < -0.3 is 20.2 Å². The number of benzene rings is 2. The highest BCUT2D eigenvalue weighted by Gasteiger charge is 2.23. The monoisotopic (exact) mass is 413 g/mol. The molecule has 1 unspecified atom stereocenters. The molecule has 0 bridgehead atoms. The fourth-order valence-electron chi connectivity index (χ4n) is 2.79. The van der Waals surface area contributed by atoms with Gasteiger partial charge >= 0.3 is 0 Å². The van der Waals surface area contributed by atoms with Gasteiger partial charge in [-0.25, -0.2) is 4.68 Å². The highest BCUT2D eigenvalue weighted by atomic mass is 32.2. The van der Waals surface area contributed by atoms with Gasteiger partial charge in [0.05, 0.1) is 19.5 Å². The highest BCUT2D eigenvalue weighted by molar-refractivity contribution is 8.00. The maximum Gasteiger partial charge on any atom is 0.240 e. The van der Waals surface area contributed by atoms with E-state index >= 15 is 0 Å². The standard InChI is InChI=1S/C20H23N5O3S/c1-13(19(26)24(2)15-8-6-5-7-9-15)29-20-23-22-18(25(20)21)14-10-11-16(27-3)17(12-14)28-4/h5-13H,21H2,1-4H3. The number of carbonyl (C=O) groups excluding carboxylic acids is 1. The van der Waals surface area contributed by atoms with Gasteiger partial charge in [-0.05, 0) is 37.3 Å². The summed E-state index contributed by atoms with van der Waals surface area (Å²) in [7, 11) is 4.88. The Morgan fingerprint density at radius 1 is 1.10 bits per heavy atom. The van der Waals surface area contributed by atoms with Crippen LogP contribution in [0.4, 0.5) is 5.69 Å². The number of ether oxygens (including phenoxy) is 2. The zero-order valence-electron chi connectivity index (χ0n) is 16.7. The molecular weight excluding hydrogens is 390 g/mol. The van der Waals surface area contributed by atoms with Gasteiger partial charge in [-0.2, -0.15) is 0 Å². The van der Waals surface area contributed by atoms with Gasteiger partial charge in [0, 0.05) is 18.3 Å². The lowest BCUT2D eigenvalue weighted by Crippen LogP contribution is -2.33. The average molecular weight is 414 g/mol. The van der Waals surface area contributed by atoms with Crippen LogP contribution in [0.25, 0.3) is 11.4 Å². The summed E-state index contributed by atoms with van der Waals surface area (Å²) < 4.78 is 12.0. The van der Waals surface area contributed by atoms with E-state index in [1.807, 2.05) is 43.3 Å². The molecule has 0 saturated carbocycles. The summed E-state index contributed by atoms with van der Waals surface area (Å²) in [6.45, 7) is 1.82. The van der Waals surface area contributed by atoms with Gasteiger partial charge in [-0.3, -0.25) is 4.79 Å². The van der Waals surface area contributed by atoms with Crippen molar-refractivity contribution in [1.82, 2.24) is 14.9 Å². The van der Waals surface area contributed by atoms with Gasteiger partial charge in [0.25, 0.3) is 0 Å². The third kappa shape index (κ3) is 4.29. The fourth-order valence-corrected chi connectivity index (χ4v) is 3.65. The van der Waals surface area contributed by atoms with Gasteiger partial charge in [-0.1, -0.05) is 30.0 Å². The number of hydrogen-bond donors (Lipinski definition) is 1. The topological polar surface area (TPSA) is 95.5 Å². The lowest BCUT2D eigenvalue weighted by molar-refractivity contribution is -0.117. The van der Waals surface area contributed by atoms with Crippen molar-refractivity contribution >= 4 is 23.4 Å². The van der Waals surface area contributed by atoms with Crippen LogP contribution in [-0.4, -0.2) is 47.3 Å². The molecule has 3 rings (SSSR count). The molecule has 1 atom stereocenters. The third-order valence-electron chi connectivity index (χ3n) is 4.41. The second-order valence-electron chi connectivity index (χ2n) is 6.24.